The zero-order chi connectivity index (χ0) is 13.3. The van der Waals surface area contributed by atoms with Crippen LogP contribution >= 0.6 is 0 Å². The first-order valence-electron chi connectivity index (χ1n) is 7.89. The quantitative estimate of drug-likeness (QED) is 0.467. The molecule has 102 valence electrons. The fraction of sp³-hybridized carbons (Fsp3) is 0.556. The molecule has 1 aromatic rings. The number of fused-ring (bicyclic) bond motifs is 9. The highest BCUT2D eigenvalue weighted by Gasteiger charge is 2.66. The third-order valence-corrected chi connectivity index (χ3v) is 6.71. The molecule has 7 unspecified atom stereocenters. The second-order valence-electron chi connectivity index (χ2n) is 7.32. The summed E-state index contributed by atoms with van der Waals surface area (Å²) < 4.78 is 0. The summed E-state index contributed by atoms with van der Waals surface area (Å²) in [4.78, 5) is 16.3. The molecular weight excluding hydrogens is 246 g/mol. The van der Waals surface area contributed by atoms with Crippen LogP contribution in [0.5, 0.6) is 0 Å². The summed E-state index contributed by atoms with van der Waals surface area (Å²) in [5.41, 5.74) is 1.19. The Morgan fingerprint density at radius 3 is 3.05 bits per heavy atom. The lowest BCUT2D eigenvalue weighted by atomic mass is 9.64. The van der Waals surface area contributed by atoms with Gasteiger partial charge in [0.05, 0.1) is 0 Å². The standard InChI is InChI=1S/C18H19NO/c20-10-18-5-4-11(9-18)16-14-8-12(17(16)18)7-13(14)15-3-1-2-6-19-15/h1-6,10-14,16-17H,7-9H2. The van der Waals surface area contributed by atoms with Crippen molar-refractivity contribution in [3.8, 4) is 0 Å². The third-order valence-electron chi connectivity index (χ3n) is 6.71. The van der Waals surface area contributed by atoms with Crippen molar-refractivity contribution in [2.24, 2.45) is 35.0 Å². The van der Waals surface area contributed by atoms with E-state index in [0.717, 1.165) is 24.2 Å². The van der Waals surface area contributed by atoms with Gasteiger partial charge >= 0.3 is 0 Å². The van der Waals surface area contributed by atoms with Gasteiger partial charge < -0.3 is 4.79 Å². The predicted molar refractivity (Wildman–Crippen MR) is 75.9 cm³/mol. The molecule has 0 amide bonds. The Kier molecular flexibility index (Phi) is 2.03. The largest absolute Gasteiger partial charge is 0.302 e. The maximum atomic E-state index is 11.7. The van der Waals surface area contributed by atoms with Gasteiger partial charge in [0.1, 0.15) is 6.29 Å². The van der Waals surface area contributed by atoms with Crippen molar-refractivity contribution >= 4 is 6.29 Å². The van der Waals surface area contributed by atoms with E-state index in [2.05, 4.69) is 29.3 Å². The van der Waals surface area contributed by atoms with Gasteiger partial charge in [-0.3, -0.25) is 4.98 Å². The third kappa shape index (κ3) is 1.17. The minimum atomic E-state index is -0.0934. The van der Waals surface area contributed by atoms with Crippen LogP contribution in [0.3, 0.4) is 0 Å². The fourth-order valence-corrected chi connectivity index (χ4v) is 6.25. The number of rotatable bonds is 2. The van der Waals surface area contributed by atoms with E-state index in [-0.39, 0.29) is 5.41 Å². The molecule has 0 aromatic carbocycles. The normalized spacial score (nSPS) is 50.6. The molecule has 20 heavy (non-hydrogen) atoms. The zero-order valence-electron chi connectivity index (χ0n) is 11.5. The molecule has 1 heterocycles. The van der Waals surface area contributed by atoms with E-state index in [1.165, 1.54) is 24.8 Å². The van der Waals surface area contributed by atoms with E-state index in [9.17, 15) is 4.79 Å². The Balaban J connectivity index is 1.54. The lowest BCUT2D eigenvalue weighted by Crippen LogP contribution is -2.36. The molecule has 0 aliphatic heterocycles. The van der Waals surface area contributed by atoms with Gasteiger partial charge in [-0.25, -0.2) is 0 Å². The molecule has 0 saturated heterocycles. The van der Waals surface area contributed by atoms with Gasteiger partial charge in [0.2, 0.25) is 0 Å². The lowest BCUT2D eigenvalue weighted by Gasteiger charge is -2.39. The lowest BCUT2D eigenvalue weighted by molar-refractivity contribution is -0.116. The molecule has 1 aromatic heterocycles. The Hall–Kier alpha value is -1.44. The maximum Gasteiger partial charge on any atom is 0.130 e. The monoisotopic (exact) mass is 265 g/mol. The number of aldehydes is 1. The van der Waals surface area contributed by atoms with Gasteiger partial charge in [-0.1, -0.05) is 18.2 Å². The first-order valence-corrected chi connectivity index (χ1v) is 7.89. The summed E-state index contributed by atoms with van der Waals surface area (Å²) in [6.45, 7) is 0. The van der Waals surface area contributed by atoms with E-state index in [0.29, 0.717) is 17.8 Å². The zero-order valence-corrected chi connectivity index (χ0v) is 11.5. The van der Waals surface area contributed by atoms with Gasteiger partial charge in [0, 0.05) is 23.2 Å². The summed E-state index contributed by atoms with van der Waals surface area (Å²) in [5.74, 6) is 4.19. The van der Waals surface area contributed by atoms with Gasteiger partial charge in [0.25, 0.3) is 0 Å². The van der Waals surface area contributed by atoms with Crippen LogP contribution < -0.4 is 0 Å². The summed E-state index contributed by atoms with van der Waals surface area (Å²) in [6.07, 6.45) is 11.4. The second kappa shape index (κ2) is 3.60. The number of aromatic nitrogens is 1. The first-order chi connectivity index (χ1) is 9.82. The highest BCUT2D eigenvalue weighted by Crippen LogP contribution is 2.72. The highest BCUT2D eigenvalue weighted by molar-refractivity contribution is 5.67. The van der Waals surface area contributed by atoms with Gasteiger partial charge in [-0.15, -0.1) is 0 Å². The molecule has 7 atom stereocenters. The molecule has 2 heteroatoms. The number of allylic oxidation sites excluding steroid dienone is 2. The maximum absolute atomic E-state index is 11.7. The average molecular weight is 265 g/mol. The summed E-state index contributed by atoms with van der Waals surface area (Å²) >= 11 is 0. The SMILES string of the molecule is O=CC12C=CC(C1)C1C3CC(CC3c3ccccn3)C12. The first kappa shape index (κ1) is 11.2. The van der Waals surface area contributed by atoms with Crippen LogP contribution in [0.25, 0.3) is 0 Å². The topological polar surface area (TPSA) is 30.0 Å². The Morgan fingerprint density at radius 1 is 1.30 bits per heavy atom. The van der Waals surface area contributed by atoms with E-state index >= 15 is 0 Å². The predicted octanol–water partition coefficient (Wildman–Crippen LogP) is 3.21. The smallest absolute Gasteiger partial charge is 0.130 e. The van der Waals surface area contributed by atoms with Crippen molar-refractivity contribution in [2.75, 3.05) is 0 Å². The van der Waals surface area contributed by atoms with Crippen LogP contribution in [0.15, 0.2) is 36.5 Å². The average Bonchev–Trinajstić information content (AvgIpc) is 3.25. The molecule has 4 bridgehead atoms. The van der Waals surface area contributed by atoms with Crippen molar-refractivity contribution < 1.29 is 4.79 Å². The molecule has 0 radical (unpaired) electrons. The van der Waals surface area contributed by atoms with Gasteiger partial charge in [-0.2, -0.15) is 0 Å². The van der Waals surface area contributed by atoms with Crippen LogP contribution in [0.4, 0.5) is 0 Å². The van der Waals surface area contributed by atoms with Crippen molar-refractivity contribution in [1.82, 2.24) is 4.98 Å². The molecular formula is C18H19NO. The van der Waals surface area contributed by atoms with Crippen molar-refractivity contribution in [3.63, 3.8) is 0 Å². The summed E-state index contributed by atoms with van der Waals surface area (Å²) in [7, 11) is 0. The molecule has 3 saturated carbocycles. The van der Waals surface area contributed by atoms with E-state index in [4.69, 9.17) is 0 Å². The molecule has 4 aliphatic rings. The number of carbonyl (C=O) groups excluding carboxylic acids is 1. The summed E-state index contributed by atoms with van der Waals surface area (Å²) in [6, 6.07) is 6.31. The molecule has 3 fully saturated rings. The number of pyridine rings is 1. The Morgan fingerprint density at radius 2 is 2.25 bits per heavy atom. The van der Waals surface area contributed by atoms with Crippen LogP contribution in [-0.4, -0.2) is 11.3 Å². The molecule has 2 nitrogen and oxygen atoms in total. The summed E-state index contributed by atoms with van der Waals surface area (Å²) in [5, 5.41) is 0. The van der Waals surface area contributed by atoms with Crippen molar-refractivity contribution in [1.29, 1.82) is 0 Å². The highest BCUT2D eigenvalue weighted by atomic mass is 16.1. The van der Waals surface area contributed by atoms with Gasteiger partial charge in [-0.05, 0) is 61.0 Å². The van der Waals surface area contributed by atoms with E-state index in [1.54, 1.807) is 0 Å². The molecule has 0 spiro atoms. The minimum absolute atomic E-state index is 0.0934. The number of hydrogen-bond donors (Lipinski definition) is 0. The van der Waals surface area contributed by atoms with Crippen molar-refractivity contribution in [2.45, 2.75) is 25.2 Å². The Labute approximate surface area is 119 Å². The number of hydrogen-bond acceptors (Lipinski definition) is 2. The fourth-order valence-electron chi connectivity index (χ4n) is 6.25. The number of nitrogens with zero attached hydrogens (tertiary/aromatic N) is 1. The van der Waals surface area contributed by atoms with Crippen LogP contribution in [-0.2, 0) is 4.79 Å². The van der Waals surface area contributed by atoms with E-state index in [1.807, 2.05) is 12.3 Å². The second-order valence-corrected chi connectivity index (χ2v) is 7.32. The molecule has 0 N–H and O–H groups in total. The minimum Gasteiger partial charge on any atom is -0.302 e. The number of carbonyl (C=O) groups is 1. The van der Waals surface area contributed by atoms with Crippen LogP contribution in [0.2, 0.25) is 0 Å². The van der Waals surface area contributed by atoms with E-state index < -0.39 is 0 Å². The van der Waals surface area contributed by atoms with Gasteiger partial charge in [0.15, 0.2) is 0 Å². The van der Waals surface area contributed by atoms with Crippen molar-refractivity contribution in [3.05, 3.63) is 42.2 Å². The molecule has 4 aliphatic carbocycles. The van der Waals surface area contributed by atoms with Crippen LogP contribution in [0.1, 0.15) is 30.9 Å². The molecule has 5 rings (SSSR count). The Bertz CT molecular complexity index is 595. The van der Waals surface area contributed by atoms with Crippen LogP contribution in [0, 0.1) is 35.0 Å².